The van der Waals surface area contributed by atoms with Gasteiger partial charge in [-0.1, -0.05) is 87.4 Å². The summed E-state index contributed by atoms with van der Waals surface area (Å²) in [7, 11) is 0. The van der Waals surface area contributed by atoms with Gasteiger partial charge in [0.2, 0.25) is 6.10 Å². The first kappa shape index (κ1) is 28.7. The fraction of sp³-hybridized carbons (Fsp3) is 0.531. The highest BCUT2D eigenvalue weighted by Gasteiger charge is 2.52. The standard InChI is InChI=1S/C32H42N2O5/c1-4-5-6-7-8-9-10-14-21-37-26-19-17-25(18-20-26)27-23-28(39-33-27)30(35)34-29(32(2,3)38-31(34)36)22-24-15-12-11-13-16-24/h11-13,15-20,28-29H,4-10,14,21-23H2,1-3H3/t28-,29-/m0/s1. The average Bonchev–Trinajstić information content (AvgIpc) is 3.51. The fourth-order valence-corrected chi connectivity index (χ4v) is 5.20. The Balaban J connectivity index is 1.26. The van der Waals surface area contributed by atoms with Gasteiger partial charge >= 0.3 is 6.09 Å². The molecule has 0 aromatic heterocycles. The van der Waals surface area contributed by atoms with Gasteiger partial charge in [0.15, 0.2) is 0 Å². The number of carbonyl (C=O) groups excluding carboxylic acids is 2. The fourth-order valence-electron chi connectivity index (χ4n) is 5.20. The van der Waals surface area contributed by atoms with Crippen molar-refractivity contribution >= 4 is 17.7 Å². The van der Waals surface area contributed by atoms with E-state index in [9.17, 15) is 9.59 Å². The molecule has 2 aliphatic rings. The highest BCUT2D eigenvalue weighted by atomic mass is 16.6. The van der Waals surface area contributed by atoms with E-state index in [4.69, 9.17) is 14.3 Å². The van der Waals surface area contributed by atoms with E-state index in [1.54, 1.807) is 0 Å². The average molecular weight is 535 g/mol. The molecule has 0 spiro atoms. The Hall–Kier alpha value is -3.35. The summed E-state index contributed by atoms with van der Waals surface area (Å²) in [5, 5.41) is 4.18. The summed E-state index contributed by atoms with van der Waals surface area (Å²) in [6, 6.07) is 17.1. The molecule has 2 heterocycles. The Labute approximate surface area is 232 Å². The number of nitrogens with zero attached hydrogens (tertiary/aromatic N) is 2. The summed E-state index contributed by atoms with van der Waals surface area (Å²) in [5.41, 5.74) is 1.76. The van der Waals surface area contributed by atoms with Gasteiger partial charge in [-0.15, -0.1) is 0 Å². The molecule has 0 N–H and O–H groups in total. The van der Waals surface area contributed by atoms with Crippen LogP contribution in [-0.2, 0) is 20.8 Å². The van der Waals surface area contributed by atoms with E-state index in [0.717, 1.165) is 23.3 Å². The summed E-state index contributed by atoms with van der Waals surface area (Å²) in [6.45, 7) is 6.62. The maximum absolute atomic E-state index is 13.4. The van der Waals surface area contributed by atoms with Gasteiger partial charge in [-0.05, 0) is 62.1 Å². The normalized spacial score (nSPS) is 19.9. The molecule has 2 amide bonds. The van der Waals surface area contributed by atoms with Crippen LogP contribution in [0.25, 0.3) is 0 Å². The second kappa shape index (κ2) is 13.6. The second-order valence-electron chi connectivity index (χ2n) is 11.1. The molecule has 210 valence electrons. The Bertz CT molecular complexity index is 1110. The first-order valence-electron chi connectivity index (χ1n) is 14.4. The van der Waals surface area contributed by atoms with Crippen molar-refractivity contribution in [1.29, 1.82) is 0 Å². The van der Waals surface area contributed by atoms with E-state index in [1.807, 2.05) is 68.4 Å². The van der Waals surface area contributed by atoms with Gasteiger partial charge in [-0.3, -0.25) is 4.79 Å². The number of hydrogen-bond acceptors (Lipinski definition) is 6. The molecule has 1 saturated heterocycles. The van der Waals surface area contributed by atoms with E-state index in [2.05, 4.69) is 12.1 Å². The molecule has 0 radical (unpaired) electrons. The Morgan fingerprint density at radius 3 is 2.33 bits per heavy atom. The quantitative estimate of drug-likeness (QED) is 0.242. The number of unbranched alkanes of at least 4 members (excludes halogenated alkanes) is 7. The van der Waals surface area contributed by atoms with Crippen molar-refractivity contribution < 1.29 is 23.9 Å². The van der Waals surface area contributed by atoms with Crippen molar-refractivity contribution in [3.63, 3.8) is 0 Å². The van der Waals surface area contributed by atoms with Gasteiger partial charge in [0.1, 0.15) is 11.4 Å². The molecule has 0 bridgehead atoms. The molecule has 0 aliphatic carbocycles. The first-order valence-corrected chi connectivity index (χ1v) is 14.4. The molecule has 2 aromatic carbocycles. The predicted octanol–water partition coefficient (Wildman–Crippen LogP) is 7.07. The Morgan fingerprint density at radius 2 is 1.64 bits per heavy atom. The summed E-state index contributed by atoms with van der Waals surface area (Å²) in [4.78, 5) is 32.9. The van der Waals surface area contributed by atoms with E-state index in [0.29, 0.717) is 25.2 Å². The third-order valence-electron chi connectivity index (χ3n) is 7.57. The maximum Gasteiger partial charge on any atom is 0.417 e. The van der Waals surface area contributed by atoms with Gasteiger partial charge in [-0.2, -0.15) is 0 Å². The van der Waals surface area contributed by atoms with E-state index in [1.165, 1.54) is 49.8 Å². The van der Waals surface area contributed by atoms with Gasteiger partial charge in [-0.25, -0.2) is 9.69 Å². The Morgan fingerprint density at radius 1 is 0.974 bits per heavy atom. The molecule has 0 unspecified atom stereocenters. The van der Waals surface area contributed by atoms with Gasteiger partial charge in [0.25, 0.3) is 5.91 Å². The molecule has 2 atom stereocenters. The van der Waals surface area contributed by atoms with E-state index >= 15 is 0 Å². The number of carbonyl (C=O) groups is 2. The van der Waals surface area contributed by atoms with Crippen LogP contribution >= 0.6 is 0 Å². The van der Waals surface area contributed by atoms with Crippen molar-refractivity contribution in [2.75, 3.05) is 6.61 Å². The molecule has 7 heteroatoms. The van der Waals surface area contributed by atoms with Gasteiger partial charge in [0, 0.05) is 6.42 Å². The highest BCUT2D eigenvalue weighted by Crippen LogP contribution is 2.34. The molecule has 2 aromatic rings. The van der Waals surface area contributed by atoms with Crippen molar-refractivity contribution in [3.8, 4) is 5.75 Å². The number of imide groups is 1. The lowest BCUT2D eigenvalue weighted by Gasteiger charge is -2.28. The van der Waals surface area contributed by atoms with Crippen molar-refractivity contribution in [1.82, 2.24) is 4.90 Å². The third-order valence-corrected chi connectivity index (χ3v) is 7.57. The lowest BCUT2D eigenvalue weighted by Crippen LogP contribution is -2.49. The number of ether oxygens (including phenoxy) is 2. The minimum Gasteiger partial charge on any atom is -0.494 e. The van der Waals surface area contributed by atoms with Crippen molar-refractivity contribution in [3.05, 3.63) is 65.7 Å². The topological polar surface area (TPSA) is 77.4 Å². The van der Waals surface area contributed by atoms with Gasteiger partial charge < -0.3 is 14.3 Å². The minimum atomic E-state index is -0.863. The zero-order valence-electron chi connectivity index (χ0n) is 23.6. The second-order valence-corrected chi connectivity index (χ2v) is 11.1. The Kier molecular flexibility index (Phi) is 10.0. The zero-order chi connectivity index (χ0) is 27.7. The van der Waals surface area contributed by atoms with Crippen LogP contribution in [0.15, 0.2) is 59.8 Å². The monoisotopic (exact) mass is 534 g/mol. The number of hydrogen-bond donors (Lipinski definition) is 0. The summed E-state index contributed by atoms with van der Waals surface area (Å²) >= 11 is 0. The van der Waals surface area contributed by atoms with Crippen LogP contribution in [0.5, 0.6) is 5.75 Å². The molecular formula is C32H42N2O5. The number of benzene rings is 2. The van der Waals surface area contributed by atoms with Crippen LogP contribution < -0.4 is 4.74 Å². The van der Waals surface area contributed by atoms with Crippen LogP contribution in [0.4, 0.5) is 4.79 Å². The number of amides is 2. The smallest absolute Gasteiger partial charge is 0.417 e. The molecule has 0 saturated carbocycles. The van der Waals surface area contributed by atoms with E-state index < -0.39 is 29.7 Å². The van der Waals surface area contributed by atoms with Crippen molar-refractivity contribution in [2.45, 2.75) is 103 Å². The lowest BCUT2D eigenvalue weighted by molar-refractivity contribution is -0.140. The van der Waals surface area contributed by atoms with Crippen LogP contribution in [-0.4, -0.2) is 47.0 Å². The molecular weight excluding hydrogens is 492 g/mol. The van der Waals surface area contributed by atoms with Crippen LogP contribution in [0.2, 0.25) is 0 Å². The molecule has 1 fully saturated rings. The number of cyclic esters (lactones) is 1. The molecule has 7 nitrogen and oxygen atoms in total. The van der Waals surface area contributed by atoms with Crippen LogP contribution in [0.3, 0.4) is 0 Å². The van der Waals surface area contributed by atoms with Crippen LogP contribution in [0, 0.1) is 0 Å². The minimum absolute atomic E-state index is 0.291. The highest BCUT2D eigenvalue weighted by molar-refractivity contribution is 6.06. The largest absolute Gasteiger partial charge is 0.494 e. The zero-order valence-corrected chi connectivity index (χ0v) is 23.6. The number of oxime groups is 1. The first-order chi connectivity index (χ1) is 18.9. The summed E-state index contributed by atoms with van der Waals surface area (Å²) < 4.78 is 11.5. The lowest BCUT2D eigenvalue weighted by atomic mass is 9.91. The molecule has 4 rings (SSSR count). The van der Waals surface area contributed by atoms with E-state index in [-0.39, 0.29) is 0 Å². The number of rotatable bonds is 14. The van der Waals surface area contributed by atoms with Crippen molar-refractivity contribution in [2.24, 2.45) is 5.16 Å². The SMILES string of the molecule is CCCCCCCCCCOc1ccc(C2=NO[C@H](C(=O)N3C(=O)OC(C)(C)[C@@H]3Cc3ccccc3)C2)cc1. The molecule has 39 heavy (non-hydrogen) atoms. The maximum atomic E-state index is 13.4. The molecule has 2 aliphatic heterocycles. The summed E-state index contributed by atoms with van der Waals surface area (Å²) in [6.07, 6.45) is 9.45. The predicted molar refractivity (Wildman–Crippen MR) is 152 cm³/mol. The van der Waals surface area contributed by atoms with Gasteiger partial charge in [0.05, 0.1) is 18.4 Å². The summed E-state index contributed by atoms with van der Waals surface area (Å²) in [5.74, 6) is 0.398. The van der Waals surface area contributed by atoms with Crippen LogP contribution in [0.1, 0.15) is 89.7 Å². The third kappa shape index (κ3) is 7.61.